The second-order valence-corrected chi connectivity index (χ2v) is 4.69. The van der Waals surface area contributed by atoms with Gasteiger partial charge in [0.05, 0.1) is 5.69 Å². The number of nitrogens with zero attached hydrogens (tertiary/aromatic N) is 2. The molecule has 0 aliphatic carbocycles. The minimum Gasteiger partial charge on any atom is -0.481 e. The van der Waals surface area contributed by atoms with E-state index in [1.807, 2.05) is 19.1 Å². The summed E-state index contributed by atoms with van der Waals surface area (Å²) >= 11 is 0. The van der Waals surface area contributed by atoms with Crippen molar-refractivity contribution in [3.63, 3.8) is 0 Å². The van der Waals surface area contributed by atoms with E-state index < -0.39 is 5.97 Å². The highest BCUT2D eigenvalue weighted by atomic mass is 16.4. The van der Waals surface area contributed by atoms with E-state index in [1.165, 1.54) is 10.5 Å². The minimum absolute atomic E-state index is 0.110. The lowest BCUT2D eigenvalue weighted by Crippen LogP contribution is -2.21. The second-order valence-electron chi connectivity index (χ2n) is 4.69. The molecule has 6 nitrogen and oxygen atoms in total. The number of pyridine rings is 1. The third kappa shape index (κ3) is 3.64. The van der Waals surface area contributed by atoms with Crippen LogP contribution in [0.4, 0.5) is 0 Å². The van der Waals surface area contributed by atoms with Crippen molar-refractivity contribution in [1.82, 2.24) is 14.7 Å². The van der Waals surface area contributed by atoms with Gasteiger partial charge in [0.2, 0.25) is 0 Å². The Bertz CT molecular complexity index is 679. The summed E-state index contributed by atoms with van der Waals surface area (Å²) in [4.78, 5) is 26.7. The number of nitrogens with one attached hydrogen (secondary N) is 1. The number of carbonyl (C=O) groups is 1. The molecule has 106 valence electrons. The topological polar surface area (TPSA) is 83.7 Å². The van der Waals surface area contributed by atoms with Gasteiger partial charge in [0.15, 0.2) is 0 Å². The Kier molecular flexibility index (Phi) is 4.47. The maximum Gasteiger partial charge on any atom is 0.303 e. The molecule has 2 aromatic heterocycles. The Morgan fingerprint density at radius 2 is 2.25 bits per heavy atom. The van der Waals surface area contributed by atoms with Crippen LogP contribution >= 0.6 is 0 Å². The van der Waals surface area contributed by atoms with Crippen molar-refractivity contribution in [2.45, 2.75) is 26.3 Å². The zero-order chi connectivity index (χ0) is 14.5. The molecule has 0 aliphatic rings. The van der Waals surface area contributed by atoms with E-state index in [0.29, 0.717) is 30.9 Å². The van der Waals surface area contributed by atoms with Gasteiger partial charge in [0.25, 0.3) is 5.56 Å². The molecule has 6 heteroatoms. The molecule has 0 saturated carbocycles. The number of aliphatic carboxylic acids is 1. The highest BCUT2D eigenvalue weighted by Crippen LogP contribution is 2.02. The van der Waals surface area contributed by atoms with Gasteiger partial charge in [-0.05, 0) is 31.5 Å². The molecule has 0 aliphatic heterocycles. The van der Waals surface area contributed by atoms with Gasteiger partial charge in [0, 0.05) is 25.2 Å². The number of aryl methyl sites for hydroxylation is 1. The molecular weight excluding hydrogens is 258 g/mol. The van der Waals surface area contributed by atoms with Crippen LogP contribution in [0, 0.1) is 6.92 Å². The Morgan fingerprint density at radius 3 is 3.00 bits per heavy atom. The molecule has 2 aromatic rings. The second kappa shape index (κ2) is 6.29. The minimum atomic E-state index is -0.802. The molecule has 0 radical (unpaired) electrons. The van der Waals surface area contributed by atoms with Gasteiger partial charge in [-0.15, -0.1) is 0 Å². The molecule has 0 spiro atoms. The average Bonchev–Trinajstić information content (AvgIpc) is 2.39. The lowest BCUT2D eigenvalue weighted by molar-refractivity contribution is -0.137. The van der Waals surface area contributed by atoms with E-state index in [2.05, 4.69) is 10.3 Å². The molecule has 0 unspecified atom stereocenters. The normalized spacial score (nSPS) is 10.8. The summed E-state index contributed by atoms with van der Waals surface area (Å²) in [5, 5.41) is 11.6. The molecule has 20 heavy (non-hydrogen) atoms. The number of carboxylic acids is 1. The maximum absolute atomic E-state index is 11.9. The van der Waals surface area contributed by atoms with E-state index in [-0.39, 0.29) is 12.0 Å². The van der Waals surface area contributed by atoms with Crippen molar-refractivity contribution in [1.29, 1.82) is 0 Å². The zero-order valence-corrected chi connectivity index (χ0v) is 11.3. The highest BCUT2D eigenvalue weighted by Gasteiger charge is 2.02. The van der Waals surface area contributed by atoms with E-state index in [4.69, 9.17) is 5.11 Å². The van der Waals surface area contributed by atoms with Crippen LogP contribution in [-0.2, 0) is 11.3 Å². The summed E-state index contributed by atoms with van der Waals surface area (Å²) in [6.45, 7) is 2.96. The van der Waals surface area contributed by atoms with Crippen LogP contribution in [0.25, 0.3) is 5.65 Å². The molecule has 0 amide bonds. The maximum atomic E-state index is 11.9. The summed E-state index contributed by atoms with van der Waals surface area (Å²) in [5.41, 5.74) is 2.17. The van der Waals surface area contributed by atoms with Crippen molar-refractivity contribution in [3.05, 3.63) is 46.0 Å². The predicted molar refractivity (Wildman–Crippen MR) is 74.8 cm³/mol. The molecule has 2 heterocycles. The van der Waals surface area contributed by atoms with Crippen LogP contribution in [0.2, 0.25) is 0 Å². The Labute approximate surface area is 116 Å². The van der Waals surface area contributed by atoms with E-state index in [9.17, 15) is 9.59 Å². The van der Waals surface area contributed by atoms with Gasteiger partial charge >= 0.3 is 5.97 Å². The highest BCUT2D eigenvalue weighted by molar-refractivity contribution is 5.66. The Hall–Kier alpha value is -2.21. The van der Waals surface area contributed by atoms with Crippen LogP contribution in [0.1, 0.15) is 24.1 Å². The van der Waals surface area contributed by atoms with Gasteiger partial charge in [-0.25, -0.2) is 4.98 Å². The summed E-state index contributed by atoms with van der Waals surface area (Å²) in [7, 11) is 0. The zero-order valence-electron chi connectivity index (χ0n) is 11.3. The largest absolute Gasteiger partial charge is 0.481 e. The number of aromatic nitrogens is 2. The lowest BCUT2D eigenvalue weighted by atomic mass is 10.3. The fourth-order valence-electron chi connectivity index (χ4n) is 1.93. The fourth-order valence-corrected chi connectivity index (χ4v) is 1.93. The van der Waals surface area contributed by atoms with Crippen molar-refractivity contribution in [2.24, 2.45) is 0 Å². The molecule has 2 N–H and O–H groups in total. The lowest BCUT2D eigenvalue weighted by Gasteiger charge is -2.06. The molecular formula is C14H17N3O3. The SMILES string of the molecule is Cc1ccc2nc(CNCCCC(=O)O)cc(=O)n2c1. The van der Waals surface area contributed by atoms with Crippen LogP contribution < -0.4 is 10.9 Å². The van der Waals surface area contributed by atoms with Crippen molar-refractivity contribution < 1.29 is 9.90 Å². The first-order chi connectivity index (χ1) is 9.56. The summed E-state index contributed by atoms with van der Waals surface area (Å²) in [5.74, 6) is -0.802. The van der Waals surface area contributed by atoms with Crippen LogP contribution in [0.3, 0.4) is 0 Å². The molecule has 0 aromatic carbocycles. The smallest absolute Gasteiger partial charge is 0.303 e. The summed E-state index contributed by atoms with van der Waals surface area (Å²) < 4.78 is 1.52. The number of hydrogen-bond acceptors (Lipinski definition) is 4. The number of carboxylic acid groups (broad SMARTS) is 1. The fraction of sp³-hybridized carbons (Fsp3) is 0.357. The van der Waals surface area contributed by atoms with Crippen LogP contribution in [0.15, 0.2) is 29.2 Å². The molecule has 0 bridgehead atoms. The van der Waals surface area contributed by atoms with Gasteiger partial charge in [-0.2, -0.15) is 0 Å². The average molecular weight is 275 g/mol. The van der Waals surface area contributed by atoms with Crippen molar-refractivity contribution in [3.8, 4) is 0 Å². The van der Waals surface area contributed by atoms with E-state index >= 15 is 0 Å². The summed E-state index contributed by atoms with van der Waals surface area (Å²) in [6, 6.07) is 5.22. The van der Waals surface area contributed by atoms with E-state index in [0.717, 1.165) is 5.56 Å². The van der Waals surface area contributed by atoms with Crippen molar-refractivity contribution >= 4 is 11.6 Å². The van der Waals surface area contributed by atoms with Gasteiger partial charge in [-0.1, -0.05) is 6.07 Å². The number of rotatable bonds is 6. The van der Waals surface area contributed by atoms with Crippen molar-refractivity contribution in [2.75, 3.05) is 6.54 Å². The van der Waals surface area contributed by atoms with Crippen LogP contribution in [0.5, 0.6) is 0 Å². The third-order valence-electron chi connectivity index (χ3n) is 2.91. The van der Waals surface area contributed by atoms with Gasteiger partial charge in [0.1, 0.15) is 5.65 Å². The molecule has 0 fully saturated rings. The first-order valence-electron chi connectivity index (χ1n) is 6.48. The van der Waals surface area contributed by atoms with Gasteiger partial charge in [-0.3, -0.25) is 14.0 Å². The molecule has 0 saturated heterocycles. The third-order valence-corrected chi connectivity index (χ3v) is 2.91. The standard InChI is InChI=1S/C14H17N3O3/c1-10-4-5-12-16-11(7-13(18)17(12)9-10)8-15-6-2-3-14(19)20/h4-5,7,9,15H,2-3,6,8H2,1H3,(H,19,20). The van der Waals surface area contributed by atoms with E-state index in [1.54, 1.807) is 6.20 Å². The number of hydrogen-bond donors (Lipinski definition) is 2. The molecule has 2 rings (SSSR count). The Balaban J connectivity index is 2.03. The van der Waals surface area contributed by atoms with Gasteiger partial charge < -0.3 is 10.4 Å². The molecule has 0 atom stereocenters. The first-order valence-corrected chi connectivity index (χ1v) is 6.48. The predicted octanol–water partition coefficient (Wildman–Crippen LogP) is 0.957. The van der Waals surface area contributed by atoms with Crippen LogP contribution in [-0.4, -0.2) is 27.0 Å². The summed E-state index contributed by atoms with van der Waals surface area (Å²) in [6.07, 6.45) is 2.45. The monoisotopic (exact) mass is 275 g/mol. The Morgan fingerprint density at radius 1 is 1.45 bits per heavy atom. The quantitative estimate of drug-likeness (QED) is 0.767. The number of fused-ring (bicyclic) bond motifs is 1. The first kappa shape index (κ1) is 14.2.